The molecule has 1 rings (SSSR count). The molecule has 100 valence electrons. The van der Waals surface area contributed by atoms with Crippen molar-refractivity contribution in [2.24, 2.45) is 5.73 Å². The van der Waals surface area contributed by atoms with Crippen LogP contribution in [0.1, 0.15) is 12.5 Å². The zero-order chi connectivity index (χ0) is 13.4. The van der Waals surface area contributed by atoms with E-state index in [2.05, 4.69) is 0 Å². The van der Waals surface area contributed by atoms with Crippen LogP contribution in [0.15, 0.2) is 24.3 Å². The molecule has 18 heavy (non-hydrogen) atoms. The Kier molecular flexibility index (Phi) is 6.72. The lowest BCUT2D eigenvalue weighted by Gasteiger charge is -2.21. The fraction of sp³-hybridized carbons (Fsp3) is 0.462. The van der Waals surface area contributed by atoms with Crippen LogP contribution in [0.3, 0.4) is 0 Å². The summed E-state index contributed by atoms with van der Waals surface area (Å²) in [6.07, 6.45) is 0. The van der Waals surface area contributed by atoms with Gasteiger partial charge in [0.1, 0.15) is 6.61 Å². The zero-order valence-electron chi connectivity index (χ0n) is 10.6. The predicted octanol–water partition coefficient (Wildman–Crippen LogP) is 1.66. The van der Waals surface area contributed by atoms with Gasteiger partial charge >= 0.3 is 0 Å². The van der Waals surface area contributed by atoms with E-state index in [9.17, 15) is 4.79 Å². The molecule has 0 radical (unpaired) electrons. The lowest BCUT2D eigenvalue weighted by atomic mass is 10.2. The largest absolute Gasteiger partial charge is 0.370 e. The number of rotatable bonds is 7. The average Bonchev–Trinajstić information content (AvgIpc) is 2.38. The topological polar surface area (TPSA) is 55.6 Å². The van der Waals surface area contributed by atoms with Crippen molar-refractivity contribution in [3.8, 4) is 0 Å². The van der Waals surface area contributed by atoms with Gasteiger partial charge in [0.25, 0.3) is 0 Å². The van der Waals surface area contributed by atoms with Crippen molar-refractivity contribution in [3.05, 3.63) is 34.9 Å². The van der Waals surface area contributed by atoms with E-state index in [1.54, 1.807) is 4.90 Å². The number of amides is 1. The minimum absolute atomic E-state index is 0.0501. The molecule has 0 bridgehead atoms. The minimum atomic E-state index is -0.0501. The third-order valence-electron chi connectivity index (χ3n) is 2.54. The number of benzene rings is 1. The van der Waals surface area contributed by atoms with Crippen molar-refractivity contribution in [1.82, 2.24) is 4.90 Å². The summed E-state index contributed by atoms with van der Waals surface area (Å²) in [5.41, 5.74) is 6.24. The van der Waals surface area contributed by atoms with Crippen LogP contribution < -0.4 is 5.73 Å². The fourth-order valence-electron chi connectivity index (χ4n) is 1.54. The number of hydrogen-bond acceptors (Lipinski definition) is 3. The molecule has 4 nitrogen and oxygen atoms in total. The Bertz CT molecular complexity index is 385. The Balaban J connectivity index is 2.56. The van der Waals surface area contributed by atoms with E-state index < -0.39 is 0 Å². The molecule has 1 aromatic rings. The summed E-state index contributed by atoms with van der Waals surface area (Å²) in [5.74, 6) is -0.0501. The lowest BCUT2D eigenvalue weighted by molar-refractivity contribution is -0.136. The molecular weight excluding hydrogens is 252 g/mol. The van der Waals surface area contributed by atoms with Crippen molar-refractivity contribution < 1.29 is 9.53 Å². The maximum atomic E-state index is 11.9. The first-order valence-corrected chi connectivity index (χ1v) is 6.35. The molecule has 0 aromatic heterocycles. The number of likely N-dealkylation sites (N-methyl/N-ethyl adjacent to an activating group) is 1. The van der Waals surface area contributed by atoms with Gasteiger partial charge in [0.15, 0.2) is 0 Å². The van der Waals surface area contributed by atoms with Crippen molar-refractivity contribution in [3.63, 3.8) is 0 Å². The Hall–Kier alpha value is -1.10. The number of hydrogen-bond donors (Lipinski definition) is 1. The van der Waals surface area contributed by atoms with E-state index in [1.807, 2.05) is 31.2 Å². The summed E-state index contributed by atoms with van der Waals surface area (Å²) in [6.45, 7) is 3.93. The van der Waals surface area contributed by atoms with Crippen LogP contribution in [-0.2, 0) is 16.1 Å². The molecule has 0 saturated carbocycles. The number of ether oxygens (including phenoxy) is 1. The van der Waals surface area contributed by atoms with Gasteiger partial charge in [-0.15, -0.1) is 0 Å². The molecular formula is C13H19ClN2O2. The van der Waals surface area contributed by atoms with Crippen molar-refractivity contribution in [1.29, 1.82) is 0 Å². The first-order valence-electron chi connectivity index (χ1n) is 5.98. The fourth-order valence-corrected chi connectivity index (χ4v) is 1.74. The molecule has 0 spiro atoms. The molecule has 5 heteroatoms. The van der Waals surface area contributed by atoms with E-state index in [-0.39, 0.29) is 12.5 Å². The first-order chi connectivity index (χ1) is 8.69. The number of nitrogens with zero attached hydrogens (tertiary/aromatic N) is 1. The van der Waals surface area contributed by atoms with E-state index >= 15 is 0 Å². The van der Waals surface area contributed by atoms with Crippen LogP contribution >= 0.6 is 11.6 Å². The van der Waals surface area contributed by atoms with Gasteiger partial charge < -0.3 is 15.4 Å². The molecule has 0 aliphatic rings. The Morgan fingerprint density at radius 2 is 2.17 bits per heavy atom. The normalized spacial score (nSPS) is 10.4. The van der Waals surface area contributed by atoms with E-state index in [4.69, 9.17) is 22.1 Å². The van der Waals surface area contributed by atoms with Crippen LogP contribution in [-0.4, -0.2) is 37.1 Å². The predicted molar refractivity (Wildman–Crippen MR) is 72.4 cm³/mol. The molecule has 2 N–H and O–H groups in total. The van der Waals surface area contributed by atoms with Gasteiger partial charge in [0, 0.05) is 24.7 Å². The van der Waals surface area contributed by atoms with Gasteiger partial charge in [0.05, 0.1) is 6.61 Å². The van der Waals surface area contributed by atoms with E-state index in [1.165, 1.54) is 0 Å². The van der Waals surface area contributed by atoms with Gasteiger partial charge in [-0.05, 0) is 18.6 Å². The molecule has 0 atom stereocenters. The van der Waals surface area contributed by atoms with Gasteiger partial charge in [0.2, 0.25) is 5.91 Å². The lowest BCUT2D eigenvalue weighted by Crippen LogP contribution is -2.34. The van der Waals surface area contributed by atoms with Gasteiger partial charge in [-0.25, -0.2) is 0 Å². The Labute approximate surface area is 113 Å². The summed E-state index contributed by atoms with van der Waals surface area (Å²) in [5, 5.41) is 0.673. The smallest absolute Gasteiger partial charge is 0.248 e. The Morgan fingerprint density at radius 3 is 2.78 bits per heavy atom. The quantitative estimate of drug-likeness (QED) is 0.767. The highest BCUT2D eigenvalue weighted by molar-refractivity contribution is 6.31. The third kappa shape index (κ3) is 4.64. The van der Waals surface area contributed by atoms with Crippen LogP contribution in [0.4, 0.5) is 0 Å². The van der Waals surface area contributed by atoms with Crippen molar-refractivity contribution >= 4 is 17.5 Å². The first kappa shape index (κ1) is 15.0. The zero-order valence-corrected chi connectivity index (χ0v) is 11.3. The Morgan fingerprint density at radius 1 is 1.44 bits per heavy atom. The summed E-state index contributed by atoms with van der Waals surface area (Å²) >= 11 is 6.07. The van der Waals surface area contributed by atoms with Crippen LogP contribution in [0, 0.1) is 0 Å². The number of carbonyl (C=O) groups excluding carboxylic acids is 1. The van der Waals surface area contributed by atoms with Gasteiger partial charge in [-0.1, -0.05) is 29.8 Å². The van der Waals surface area contributed by atoms with E-state index in [0.717, 1.165) is 5.56 Å². The second kappa shape index (κ2) is 8.08. The molecule has 0 heterocycles. The van der Waals surface area contributed by atoms with Gasteiger partial charge in [-0.3, -0.25) is 4.79 Å². The number of nitrogens with two attached hydrogens (primary N) is 1. The summed E-state index contributed by atoms with van der Waals surface area (Å²) < 4.78 is 5.15. The average molecular weight is 271 g/mol. The highest BCUT2D eigenvalue weighted by atomic mass is 35.5. The maximum absolute atomic E-state index is 11.9. The minimum Gasteiger partial charge on any atom is -0.370 e. The monoisotopic (exact) mass is 270 g/mol. The maximum Gasteiger partial charge on any atom is 0.248 e. The highest BCUT2D eigenvalue weighted by Crippen LogP contribution is 2.16. The highest BCUT2D eigenvalue weighted by Gasteiger charge is 2.13. The van der Waals surface area contributed by atoms with Crippen LogP contribution in [0.2, 0.25) is 5.02 Å². The summed E-state index contributed by atoms with van der Waals surface area (Å²) in [7, 11) is 0. The van der Waals surface area contributed by atoms with Gasteiger partial charge in [-0.2, -0.15) is 0 Å². The molecule has 0 fully saturated rings. The van der Waals surface area contributed by atoms with Crippen LogP contribution in [0.5, 0.6) is 0 Å². The summed E-state index contributed by atoms with van der Waals surface area (Å²) in [6, 6.07) is 7.51. The van der Waals surface area contributed by atoms with Crippen LogP contribution in [0.25, 0.3) is 0 Å². The second-order valence-electron chi connectivity index (χ2n) is 3.84. The number of carbonyl (C=O) groups is 1. The molecule has 0 saturated heterocycles. The molecule has 0 unspecified atom stereocenters. The van der Waals surface area contributed by atoms with E-state index in [0.29, 0.717) is 31.3 Å². The second-order valence-corrected chi connectivity index (χ2v) is 4.25. The SMILES string of the molecule is CCN(Cc1ccccc1Cl)C(=O)COCCN. The van der Waals surface area contributed by atoms with Crippen molar-refractivity contribution in [2.45, 2.75) is 13.5 Å². The standard InChI is InChI=1S/C13H19ClN2O2/c1-2-16(13(17)10-18-8-7-15)9-11-5-3-4-6-12(11)14/h3-6H,2,7-10,15H2,1H3. The molecule has 0 aliphatic heterocycles. The molecule has 0 aliphatic carbocycles. The summed E-state index contributed by atoms with van der Waals surface area (Å²) in [4.78, 5) is 13.6. The molecule has 1 amide bonds. The van der Waals surface area contributed by atoms with Crippen molar-refractivity contribution in [2.75, 3.05) is 26.3 Å². The third-order valence-corrected chi connectivity index (χ3v) is 2.91. The number of halogens is 1. The molecule has 1 aromatic carbocycles.